The largest absolute Gasteiger partial charge is 0.356 e. The fraction of sp³-hybridized carbons (Fsp3) is 0.650. The van der Waals surface area contributed by atoms with Gasteiger partial charge in [0.2, 0.25) is 15.9 Å². The van der Waals surface area contributed by atoms with Crippen molar-refractivity contribution in [3.05, 3.63) is 34.4 Å². The first-order valence-electron chi connectivity index (χ1n) is 10.4. The van der Waals surface area contributed by atoms with Crippen LogP contribution in [0.3, 0.4) is 0 Å². The van der Waals surface area contributed by atoms with Crippen molar-refractivity contribution in [2.45, 2.75) is 56.3 Å². The quantitative estimate of drug-likeness (QED) is 0.558. The Morgan fingerprint density at radius 1 is 1.14 bits per heavy atom. The number of carbonyl (C=O) groups excluding carboxylic acids is 1. The van der Waals surface area contributed by atoms with Crippen LogP contribution in [0, 0.1) is 22.0 Å². The molecule has 1 saturated heterocycles. The van der Waals surface area contributed by atoms with Crippen molar-refractivity contribution in [1.29, 1.82) is 0 Å². The number of hydrogen-bond acceptors (Lipinski definition) is 5. The Morgan fingerprint density at radius 2 is 1.83 bits per heavy atom. The Labute approximate surface area is 171 Å². The van der Waals surface area contributed by atoms with Gasteiger partial charge in [0.05, 0.1) is 9.82 Å². The van der Waals surface area contributed by atoms with Crippen molar-refractivity contribution >= 4 is 21.6 Å². The highest BCUT2D eigenvalue weighted by Gasteiger charge is 2.33. The molecule has 1 amide bonds. The molecule has 8 nitrogen and oxygen atoms in total. The van der Waals surface area contributed by atoms with Crippen molar-refractivity contribution < 1.29 is 18.1 Å². The van der Waals surface area contributed by atoms with E-state index in [0.29, 0.717) is 26.1 Å². The molecule has 0 aromatic heterocycles. The zero-order chi connectivity index (χ0) is 20.9. The molecule has 2 aliphatic rings. The third kappa shape index (κ3) is 5.54. The molecule has 1 atom stereocenters. The topological polar surface area (TPSA) is 110 Å². The Hall–Kier alpha value is -2.00. The maximum Gasteiger partial charge on any atom is 0.270 e. The number of carbonyl (C=O) groups is 1. The third-order valence-corrected chi connectivity index (χ3v) is 7.82. The Balaban J connectivity index is 1.54. The predicted octanol–water partition coefficient (Wildman–Crippen LogP) is 3.08. The van der Waals surface area contributed by atoms with E-state index < -0.39 is 14.9 Å². The third-order valence-electron chi connectivity index (χ3n) is 5.96. The Kier molecular flexibility index (Phi) is 7.23. The molecule has 29 heavy (non-hydrogen) atoms. The lowest BCUT2D eigenvalue weighted by atomic mass is 9.90. The molecular formula is C20H29N3O5S. The van der Waals surface area contributed by atoms with E-state index in [1.165, 1.54) is 41.8 Å². The van der Waals surface area contributed by atoms with Crippen molar-refractivity contribution in [3.63, 3.8) is 0 Å². The van der Waals surface area contributed by atoms with Crippen molar-refractivity contribution in [2.24, 2.45) is 11.8 Å². The SMILES string of the molecule is O=C(NCC1CCN(S(=O)(=O)c2cccc([N+](=O)[O-])c2)C1)C1CCCCCCC1. The number of amides is 1. The van der Waals surface area contributed by atoms with Gasteiger partial charge in [0, 0.05) is 37.7 Å². The summed E-state index contributed by atoms with van der Waals surface area (Å²) in [7, 11) is -3.78. The molecule has 1 aromatic carbocycles. The minimum Gasteiger partial charge on any atom is -0.356 e. The molecule has 9 heteroatoms. The maximum atomic E-state index is 12.8. The van der Waals surface area contributed by atoms with E-state index in [0.717, 1.165) is 31.7 Å². The number of nitro groups is 1. The zero-order valence-electron chi connectivity index (χ0n) is 16.6. The summed E-state index contributed by atoms with van der Waals surface area (Å²) < 4.78 is 27.0. The molecule has 0 spiro atoms. The van der Waals surface area contributed by atoms with Crippen LogP contribution in [0.5, 0.6) is 0 Å². The zero-order valence-corrected chi connectivity index (χ0v) is 17.4. The molecule has 1 saturated carbocycles. The maximum absolute atomic E-state index is 12.8. The van der Waals surface area contributed by atoms with E-state index in [1.54, 1.807) is 0 Å². The van der Waals surface area contributed by atoms with Crippen LogP contribution in [0.4, 0.5) is 5.69 Å². The second-order valence-electron chi connectivity index (χ2n) is 8.06. The molecule has 0 radical (unpaired) electrons. The van der Waals surface area contributed by atoms with Gasteiger partial charge >= 0.3 is 0 Å². The van der Waals surface area contributed by atoms with Gasteiger partial charge in [-0.1, -0.05) is 38.2 Å². The van der Waals surface area contributed by atoms with E-state index in [2.05, 4.69) is 5.32 Å². The van der Waals surface area contributed by atoms with Gasteiger partial charge in [0.15, 0.2) is 0 Å². The van der Waals surface area contributed by atoms with Crippen LogP contribution in [0.2, 0.25) is 0 Å². The van der Waals surface area contributed by atoms with Gasteiger partial charge in [-0.2, -0.15) is 4.31 Å². The second kappa shape index (κ2) is 9.67. The number of rotatable bonds is 6. The van der Waals surface area contributed by atoms with Gasteiger partial charge in [-0.25, -0.2) is 8.42 Å². The smallest absolute Gasteiger partial charge is 0.270 e. The highest BCUT2D eigenvalue weighted by atomic mass is 32.2. The standard InChI is InChI=1S/C20H29N3O5S/c24-20(17-7-4-2-1-3-5-8-17)21-14-16-11-12-22(15-16)29(27,28)19-10-6-9-18(13-19)23(25)26/h6,9-10,13,16-17H,1-5,7-8,11-12,14-15H2,(H,21,24). The van der Waals surface area contributed by atoms with Crippen molar-refractivity contribution in [3.8, 4) is 0 Å². The van der Waals surface area contributed by atoms with Gasteiger partial charge in [-0.3, -0.25) is 14.9 Å². The highest BCUT2D eigenvalue weighted by molar-refractivity contribution is 7.89. The number of nitro benzene ring substituents is 1. The number of hydrogen-bond donors (Lipinski definition) is 1. The summed E-state index contributed by atoms with van der Waals surface area (Å²) in [6.07, 6.45) is 8.36. The summed E-state index contributed by atoms with van der Waals surface area (Å²) in [6, 6.07) is 5.13. The fourth-order valence-corrected chi connectivity index (χ4v) is 5.77. The molecule has 1 aromatic rings. The van der Waals surface area contributed by atoms with Crippen LogP contribution >= 0.6 is 0 Å². The molecular weight excluding hydrogens is 394 g/mol. The molecule has 1 heterocycles. The van der Waals surface area contributed by atoms with Crippen LogP contribution in [-0.4, -0.2) is 43.2 Å². The first-order valence-corrected chi connectivity index (χ1v) is 11.8. The number of nitrogens with zero attached hydrogens (tertiary/aromatic N) is 2. The fourth-order valence-electron chi connectivity index (χ4n) is 4.20. The number of benzene rings is 1. The summed E-state index contributed by atoms with van der Waals surface area (Å²) in [4.78, 5) is 22.8. The average Bonchev–Trinajstić information content (AvgIpc) is 3.16. The van der Waals surface area contributed by atoms with Crippen LogP contribution in [-0.2, 0) is 14.8 Å². The predicted molar refractivity (Wildman–Crippen MR) is 109 cm³/mol. The average molecular weight is 424 g/mol. The number of non-ortho nitro benzene ring substituents is 1. The molecule has 1 N–H and O–H groups in total. The van der Waals surface area contributed by atoms with Gasteiger partial charge in [-0.15, -0.1) is 0 Å². The van der Waals surface area contributed by atoms with Crippen LogP contribution in [0.1, 0.15) is 51.4 Å². The number of nitrogens with one attached hydrogen (secondary N) is 1. The highest BCUT2D eigenvalue weighted by Crippen LogP contribution is 2.27. The molecule has 0 bridgehead atoms. The minimum absolute atomic E-state index is 0.0565. The van der Waals surface area contributed by atoms with E-state index in [4.69, 9.17) is 0 Å². The molecule has 3 rings (SSSR count). The second-order valence-corrected chi connectivity index (χ2v) is 10.00. The first-order chi connectivity index (χ1) is 13.9. The monoisotopic (exact) mass is 423 g/mol. The Bertz CT molecular complexity index is 834. The number of sulfonamides is 1. The van der Waals surface area contributed by atoms with E-state index in [-0.39, 0.29) is 28.3 Å². The Morgan fingerprint density at radius 3 is 2.52 bits per heavy atom. The van der Waals surface area contributed by atoms with Crippen molar-refractivity contribution in [1.82, 2.24) is 9.62 Å². The van der Waals surface area contributed by atoms with Gasteiger partial charge in [0.25, 0.3) is 5.69 Å². The van der Waals surface area contributed by atoms with Gasteiger partial charge in [0.1, 0.15) is 0 Å². The van der Waals surface area contributed by atoms with Gasteiger partial charge < -0.3 is 5.32 Å². The van der Waals surface area contributed by atoms with Gasteiger partial charge in [-0.05, 0) is 31.2 Å². The lowest BCUT2D eigenvalue weighted by molar-refractivity contribution is -0.385. The van der Waals surface area contributed by atoms with Crippen molar-refractivity contribution in [2.75, 3.05) is 19.6 Å². The normalized spacial score (nSPS) is 22.0. The molecule has 1 unspecified atom stereocenters. The summed E-state index contributed by atoms with van der Waals surface area (Å²) in [6.45, 7) is 1.14. The molecule has 160 valence electrons. The summed E-state index contributed by atoms with van der Waals surface area (Å²) in [5, 5.41) is 14.0. The lowest BCUT2D eigenvalue weighted by Crippen LogP contribution is -2.36. The summed E-state index contributed by atoms with van der Waals surface area (Å²) in [5.41, 5.74) is -0.242. The van der Waals surface area contributed by atoms with Crippen LogP contribution in [0.15, 0.2) is 29.2 Å². The van der Waals surface area contributed by atoms with E-state index in [9.17, 15) is 23.3 Å². The van der Waals surface area contributed by atoms with Crippen LogP contribution in [0.25, 0.3) is 0 Å². The summed E-state index contributed by atoms with van der Waals surface area (Å²) in [5.74, 6) is 0.217. The molecule has 2 fully saturated rings. The van der Waals surface area contributed by atoms with E-state index in [1.807, 2.05) is 0 Å². The lowest BCUT2D eigenvalue weighted by Gasteiger charge is -2.20. The van der Waals surface area contributed by atoms with E-state index >= 15 is 0 Å². The first kappa shape index (κ1) is 21.7. The summed E-state index contributed by atoms with van der Waals surface area (Å²) >= 11 is 0. The minimum atomic E-state index is -3.78. The molecule has 1 aliphatic carbocycles. The van der Waals surface area contributed by atoms with Crippen LogP contribution < -0.4 is 5.32 Å². The molecule has 1 aliphatic heterocycles.